The minimum absolute atomic E-state index is 0.0979. The fraction of sp³-hybridized carbons (Fsp3) is 0.143. The van der Waals surface area contributed by atoms with Gasteiger partial charge in [-0.05, 0) is 30.3 Å². The molecule has 0 aromatic heterocycles. The van der Waals surface area contributed by atoms with Crippen LogP contribution in [0.4, 0.5) is 8.78 Å². The van der Waals surface area contributed by atoms with Gasteiger partial charge in [0.1, 0.15) is 24.0 Å². The second-order valence-electron chi connectivity index (χ2n) is 4.15. The molecule has 0 heterocycles. The second kappa shape index (κ2) is 6.65. The van der Waals surface area contributed by atoms with Gasteiger partial charge in [0.2, 0.25) is 0 Å². The molecule has 2 aromatic rings. The van der Waals surface area contributed by atoms with E-state index in [9.17, 15) is 8.78 Å². The predicted molar refractivity (Wildman–Crippen MR) is 73.4 cm³/mol. The molecule has 0 bridgehead atoms. The van der Waals surface area contributed by atoms with Gasteiger partial charge >= 0.3 is 0 Å². The summed E-state index contributed by atoms with van der Waals surface area (Å²) in [6.45, 7) is 0.0979. The van der Waals surface area contributed by atoms with Crippen molar-refractivity contribution in [1.82, 2.24) is 5.43 Å². The number of ether oxygens (including phenoxy) is 1. The number of nitrogens with two attached hydrogens (primary N) is 1. The Balaban J connectivity index is 2.07. The quantitative estimate of drug-likeness (QED) is 0.658. The number of rotatable bonds is 5. The highest BCUT2D eigenvalue weighted by molar-refractivity contribution is 6.30. The van der Waals surface area contributed by atoms with Crippen LogP contribution in [0.15, 0.2) is 42.5 Å². The third-order valence-corrected chi connectivity index (χ3v) is 3.02. The van der Waals surface area contributed by atoms with Crippen LogP contribution in [0, 0.1) is 11.6 Å². The molecule has 2 rings (SSSR count). The number of benzene rings is 2. The number of hydrogen-bond acceptors (Lipinski definition) is 3. The van der Waals surface area contributed by atoms with Gasteiger partial charge in [-0.25, -0.2) is 14.2 Å². The Kier molecular flexibility index (Phi) is 4.89. The molecule has 0 saturated carbocycles. The Morgan fingerprint density at radius 3 is 2.45 bits per heavy atom. The summed E-state index contributed by atoms with van der Waals surface area (Å²) in [5, 5.41) is 0.593. The monoisotopic (exact) mass is 298 g/mol. The lowest BCUT2D eigenvalue weighted by Crippen LogP contribution is -2.33. The standard InChI is InChI=1S/C14H13ClF2N2O/c15-9-1-4-11(5-2-9)20-8-14(19-18)12-6-3-10(16)7-13(12)17/h1-7,14,19H,8,18H2. The fourth-order valence-corrected chi connectivity index (χ4v) is 1.85. The summed E-state index contributed by atoms with van der Waals surface area (Å²) < 4.78 is 32.0. The summed E-state index contributed by atoms with van der Waals surface area (Å²) in [7, 11) is 0. The van der Waals surface area contributed by atoms with E-state index in [2.05, 4.69) is 5.43 Å². The topological polar surface area (TPSA) is 47.3 Å². The van der Waals surface area contributed by atoms with Gasteiger partial charge in [0.05, 0.1) is 6.04 Å². The van der Waals surface area contributed by atoms with Crippen molar-refractivity contribution >= 4 is 11.6 Å². The maximum absolute atomic E-state index is 13.7. The summed E-state index contributed by atoms with van der Waals surface area (Å²) in [5.74, 6) is 4.66. The lowest BCUT2D eigenvalue weighted by molar-refractivity contribution is 0.264. The molecule has 0 aliphatic heterocycles. The molecule has 2 aromatic carbocycles. The van der Waals surface area contributed by atoms with Gasteiger partial charge < -0.3 is 4.74 Å². The maximum atomic E-state index is 13.7. The molecule has 3 nitrogen and oxygen atoms in total. The first kappa shape index (κ1) is 14.7. The van der Waals surface area contributed by atoms with Gasteiger partial charge in [0, 0.05) is 16.7 Å². The van der Waals surface area contributed by atoms with E-state index in [4.69, 9.17) is 22.2 Å². The highest BCUT2D eigenvalue weighted by Gasteiger charge is 2.15. The third kappa shape index (κ3) is 3.66. The van der Waals surface area contributed by atoms with Gasteiger partial charge in [-0.15, -0.1) is 0 Å². The number of nitrogens with one attached hydrogen (secondary N) is 1. The van der Waals surface area contributed by atoms with Crippen LogP contribution >= 0.6 is 11.6 Å². The highest BCUT2D eigenvalue weighted by atomic mass is 35.5. The van der Waals surface area contributed by atoms with Gasteiger partial charge in [0.15, 0.2) is 0 Å². The van der Waals surface area contributed by atoms with Crippen molar-refractivity contribution in [2.75, 3.05) is 6.61 Å². The van der Waals surface area contributed by atoms with E-state index in [1.54, 1.807) is 24.3 Å². The predicted octanol–water partition coefficient (Wildman–Crippen LogP) is 3.20. The lowest BCUT2D eigenvalue weighted by Gasteiger charge is -2.18. The van der Waals surface area contributed by atoms with E-state index in [-0.39, 0.29) is 12.2 Å². The Hall–Kier alpha value is -1.69. The van der Waals surface area contributed by atoms with Gasteiger partial charge in [0.25, 0.3) is 0 Å². The van der Waals surface area contributed by atoms with Crippen LogP contribution in [0.3, 0.4) is 0 Å². The number of halogens is 3. The normalized spacial score (nSPS) is 12.2. The fourth-order valence-electron chi connectivity index (χ4n) is 1.72. The zero-order chi connectivity index (χ0) is 14.5. The minimum Gasteiger partial charge on any atom is -0.492 e. The molecule has 0 spiro atoms. The first-order valence-electron chi connectivity index (χ1n) is 5.89. The van der Waals surface area contributed by atoms with E-state index in [0.29, 0.717) is 10.8 Å². The number of hydrogen-bond donors (Lipinski definition) is 2. The van der Waals surface area contributed by atoms with E-state index in [0.717, 1.165) is 6.07 Å². The molecule has 1 atom stereocenters. The maximum Gasteiger partial charge on any atom is 0.131 e. The lowest BCUT2D eigenvalue weighted by atomic mass is 10.1. The molecular formula is C14H13ClF2N2O. The average molecular weight is 299 g/mol. The molecule has 1 unspecified atom stereocenters. The van der Waals surface area contributed by atoms with Crippen LogP contribution in [-0.4, -0.2) is 6.61 Å². The molecule has 20 heavy (non-hydrogen) atoms. The van der Waals surface area contributed by atoms with Crippen molar-refractivity contribution in [3.8, 4) is 5.75 Å². The molecule has 6 heteroatoms. The molecule has 0 aliphatic carbocycles. The van der Waals surface area contributed by atoms with Crippen molar-refractivity contribution < 1.29 is 13.5 Å². The first-order valence-corrected chi connectivity index (χ1v) is 6.27. The SMILES string of the molecule is NNC(COc1ccc(Cl)cc1)c1ccc(F)cc1F. The molecule has 106 valence electrons. The van der Waals surface area contributed by atoms with Gasteiger partial charge in [-0.3, -0.25) is 5.84 Å². The highest BCUT2D eigenvalue weighted by Crippen LogP contribution is 2.20. The molecule has 0 amide bonds. The average Bonchev–Trinajstić information content (AvgIpc) is 2.43. The van der Waals surface area contributed by atoms with E-state index in [1.807, 2.05) is 0 Å². The van der Waals surface area contributed by atoms with Crippen LogP contribution < -0.4 is 16.0 Å². The van der Waals surface area contributed by atoms with Crippen LogP contribution in [0.25, 0.3) is 0 Å². The summed E-state index contributed by atoms with van der Waals surface area (Å²) in [6.07, 6.45) is 0. The largest absolute Gasteiger partial charge is 0.492 e. The van der Waals surface area contributed by atoms with Crippen molar-refractivity contribution in [1.29, 1.82) is 0 Å². The van der Waals surface area contributed by atoms with Crippen LogP contribution in [-0.2, 0) is 0 Å². The molecule has 0 fully saturated rings. The second-order valence-corrected chi connectivity index (χ2v) is 4.59. The Labute approximate surface area is 120 Å². The van der Waals surface area contributed by atoms with E-state index >= 15 is 0 Å². The van der Waals surface area contributed by atoms with Gasteiger partial charge in [-0.1, -0.05) is 17.7 Å². The van der Waals surface area contributed by atoms with Crippen LogP contribution in [0.1, 0.15) is 11.6 Å². The molecule has 3 N–H and O–H groups in total. The number of hydrazine groups is 1. The Bertz CT molecular complexity index is 578. The molecule has 0 saturated heterocycles. The van der Waals surface area contributed by atoms with Crippen LogP contribution in [0.2, 0.25) is 5.02 Å². The van der Waals surface area contributed by atoms with Crippen molar-refractivity contribution in [2.45, 2.75) is 6.04 Å². The van der Waals surface area contributed by atoms with Gasteiger partial charge in [-0.2, -0.15) is 0 Å². The smallest absolute Gasteiger partial charge is 0.131 e. The Morgan fingerprint density at radius 1 is 1.15 bits per heavy atom. The molecule has 0 aliphatic rings. The summed E-state index contributed by atoms with van der Waals surface area (Å²) in [5.41, 5.74) is 2.69. The first-order chi connectivity index (χ1) is 9.60. The van der Waals surface area contributed by atoms with Crippen LogP contribution in [0.5, 0.6) is 5.75 Å². The zero-order valence-electron chi connectivity index (χ0n) is 10.4. The zero-order valence-corrected chi connectivity index (χ0v) is 11.2. The van der Waals surface area contributed by atoms with Crippen molar-refractivity contribution in [2.24, 2.45) is 5.84 Å². The molecule has 0 radical (unpaired) electrons. The van der Waals surface area contributed by atoms with E-state index in [1.165, 1.54) is 12.1 Å². The van der Waals surface area contributed by atoms with Crippen molar-refractivity contribution in [3.63, 3.8) is 0 Å². The summed E-state index contributed by atoms with van der Waals surface area (Å²) in [6, 6.07) is 9.47. The van der Waals surface area contributed by atoms with Crippen molar-refractivity contribution in [3.05, 3.63) is 64.7 Å². The van der Waals surface area contributed by atoms with E-state index < -0.39 is 17.7 Å². The summed E-state index contributed by atoms with van der Waals surface area (Å²) in [4.78, 5) is 0. The summed E-state index contributed by atoms with van der Waals surface area (Å²) >= 11 is 5.76. The third-order valence-electron chi connectivity index (χ3n) is 2.77. The molecular weight excluding hydrogens is 286 g/mol. The minimum atomic E-state index is -0.673. The Morgan fingerprint density at radius 2 is 1.85 bits per heavy atom.